The molecule has 5 N–H and O–H groups in total. The summed E-state index contributed by atoms with van der Waals surface area (Å²) in [6.07, 6.45) is 4.23. The van der Waals surface area contributed by atoms with Gasteiger partial charge >= 0.3 is 0 Å². The number of phenols is 2. The summed E-state index contributed by atoms with van der Waals surface area (Å²) < 4.78 is 0. The van der Waals surface area contributed by atoms with Crippen LogP contribution in [0.3, 0.4) is 0 Å². The highest BCUT2D eigenvalue weighted by Crippen LogP contribution is 2.23. The molecule has 80 valence electrons. The van der Waals surface area contributed by atoms with Gasteiger partial charge in [-0.2, -0.15) is 0 Å². The highest BCUT2D eigenvalue weighted by Gasteiger charge is 2.01. The van der Waals surface area contributed by atoms with E-state index in [0.717, 1.165) is 24.8 Å². The molecular formula is C11H19NO2. The van der Waals surface area contributed by atoms with Crippen molar-refractivity contribution in [3.05, 3.63) is 23.8 Å². The summed E-state index contributed by atoms with van der Waals surface area (Å²) in [4.78, 5) is 0. The van der Waals surface area contributed by atoms with E-state index in [1.807, 2.05) is 0 Å². The first-order valence-electron chi connectivity index (χ1n) is 4.75. The lowest BCUT2D eigenvalue weighted by Gasteiger charge is -2.04. The zero-order valence-electron chi connectivity index (χ0n) is 8.66. The molecule has 0 atom stereocenters. The summed E-state index contributed by atoms with van der Waals surface area (Å²) in [5.74, 6) is 0.512. The van der Waals surface area contributed by atoms with Crippen LogP contribution >= 0.6 is 0 Å². The maximum Gasteiger partial charge on any atom is 0.119 e. The van der Waals surface area contributed by atoms with Crippen molar-refractivity contribution >= 4 is 0 Å². The van der Waals surface area contributed by atoms with E-state index < -0.39 is 0 Å². The van der Waals surface area contributed by atoms with Crippen LogP contribution in [0.15, 0.2) is 18.2 Å². The third kappa shape index (κ3) is 3.66. The van der Waals surface area contributed by atoms with Crippen LogP contribution in [0.25, 0.3) is 0 Å². The highest BCUT2D eigenvalue weighted by atomic mass is 16.3. The molecule has 0 heterocycles. The molecule has 0 aliphatic carbocycles. The van der Waals surface area contributed by atoms with E-state index in [0.29, 0.717) is 0 Å². The molecule has 0 fully saturated rings. The van der Waals surface area contributed by atoms with E-state index in [4.69, 9.17) is 0 Å². The van der Waals surface area contributed by atoms with E-state index in [-0.39, 0.29) is 17.6 Å². The van der Waals surface area contributed by atoms with Gasteiger partial charge in [0.1, 0.15) is 11.5 Å². The lowest BCUT2D eigenvalue weighted by molar-refractivity contribution is 0.453. The Labute approximate surface area is 85.0 Å². The summed E-state index contributed by atoms with van der Waals surface area (Å²) in [5, 5.41) is 18.6. The topological polar surface area (TPSA) is 75.5 Å². The van der Waals surface area contributed by atoms with Crippen LogP contribution in [0.1, 0.15) is 31.7 Å². The SMILES string of the molecule is CCCCCc1cc(O)ccc1O.N. The average molecular weight is 197 g/mol. The van der Waals surface area contributed by atoms with Crippen molar-refractivity contribution in [1.82, 2.24) is 6.15 Å². The molecule has 0 aliphatic heterocycles. The predicted molar refractivity (Wildman–Crippen MR) is 58.0 cm³/mol. The fourth-order valence-electron chi connectivity index (χ4n) is 1.34. The number of hydrogen-bond acceptors (Lipinski definition) is 3. The third-order valence-corrected chi connectivity index (χ3v) is 2.11. The molecule has 3 heteroatoms. The monoisotopic (exact) mass is 197 g/mol. The number of benzene rings is 1. The summed E-state index contributed by atoms with van der Waals surface area (Å²) in [5.41, 5.74) is 0.841. The molecular weight excluding hydrogens is 178 g/mol. The van der Waals surface area contributed by atoms with Crippen LogP contribution in [-0.4, -0.2) is 10.2 Å². The van der Waals surface area contributed by atoms with Gasteiger partial charge in [0.05, 0.1) is 0 Å². The standard InChI is InChI=1S/C11H16O2.H3N/c1-2-3-4-5-9-8-10(12)6-7-11(9)13;/h6-8,12-13H,2-5H2,1H3;1H3. The van der Waals surface area contributed by atoms with E-state index in [1.54, 1.807) is 6.07 Å². The van der Waals surface area contributed by atoms with Crippen LogP contribution in [0.5, 0.6) is 11.5 Å². The number of unbranched alkanes of at least 4 members (excludes halogenated alkanes) is 2. The third-order valence-electron chi connectivity index (χ3n) is 2.11. The van der Waals surface area contributed by atoms with Gasteiger partial charge in [-0.3, -0.25) is 0 Å². The maximum atomic E-state index is 9.42. The Morgan fingerprint density at radius 2 is 1.86 bits per heavy atom. The van der Waals surface area contributed by atoms with Gasteiger partial charge in [0, 0.05) is 0 Å². The fourth-order valence-corrected chi connectivity index (χ4v) is 1.34. The number of aryl methyl sites for hydroxylation is 1. The Balaban J connectivity index is 0.00000169. The Bertz CT molecular complexity index is 274. The summed E-state index contributed by atoms with van der Waals surface area (Å²) in [7, 11) is 0. The van der Waals surface area contributed by atoms with E-state index in [1.165, 1.54) is 18.6 Å². The average Bonchev–Trinajstić information content (AvgIpc) is 2.11. The molecule has 0 unspecified atom stereocenters. The van der Waals surface area contributed by atoms with Crippen molar-refractivity contribution in [2.75, 3.05) is 0 Å². The normalized spacial score (nSPS) is 9.50. The second-order valence-corrected chi connectivity index (χ2v) is 3.27. The molecule has 1 rings (SSSR count). The Morgan fingerprint density at radius 1 is 1.14 bits per heavy atom. The predicted octanol–water partition coefficient (Wildman–Crippen LogP) is 2.99. The lowest BCUT2D eigenvalue weighted by Crippen LogP contribution is -1.86. The van der Waals surface area contributed by atoms with Crippen LogP contribution in [0, 0.1) is 0 Å². The Morgan fingerprint density at radius 3 is 2.50 bits per heavy atom. The van der Waals surface area contributed by atoms with Gasteiger partial charge < -0.3 is 16.4 Å². The molecule has 0 amide bonds. The van der Waals surface area contributed by atoms with E-state index in [2.05, 4.69) is 6.92 Å². The van der Waals surface area contributed by atoms with Gasteiger partial charge in [0.15, 0.2) is 0 Å². The minimum atomic E-state index is 0. The first-order chi connectivity index (χ1) is 6.24. The summed E-state index contributed by atoms with van der Waals surface area (Å²) in [6.45, 7) is 2.14. The Kier molecular flexibility index (Phi) is 5.72. The number of rotatable bonds is 4. The molecule has 3 nitrogen and oxygen atoms in total. The zero-order valence-corrected chi connectivity index (χ0v) is 8.66. The molecule has 0 aliphatic rings. The van der Waals surface area contributed by atoms with Crippen LogP contribution < -0.4 is 6.15 Å². The number of hydrogen-bond donors (Lipinski definition) is 3. The largest absolute Gasteiger partial charge is 0.508 e. The minimum absolute atomic E-state index is 0. The van der Waals surface area contributed by atoms with Gasteiger partial charge in [0.25, 0.3) is 0 Å². The van der Waals surface area contributed by atoms with Gasteiger partial charge in [0.2, 0.25) is 0 Å². The van der Waals surface area contributed by atoms with Crippen molar-refractivity contribution in [2.45, 2.75) is 32.6 Å². The van der Waals surface area contributed by atoms with Crippen molar-refractivity contribution in [2.24, 2.45) is 0 Å². The van der Waals surface area contributed by atoms with Crippen molar-refractivity contribution in [3.63, 3.8) is 0 Å². The zero-order chi connectivity index (χ0) is 9.68. The van der Waals surface area contributed by atoms with Crippen molar-refractivity contribution in [3.8, 4) is 11.5 Å². The first-order valence-corrected chi connectivity index (χ1v) is 4.75. The minimum Gasteiger partial charge on any atom is -0.508 e. The second kappa shape index (κ2) is 6.27. The maximum absolute atomic E-state index is 9.42. The molecule has 0 bridgehead atoms. The molecule has 1 aromatic rings. The van der Waals surface area contributed by atoms with Gasteiger partial charge in [-0.25, -0.2) is 0 Å². The smallest absolute Gasteiger partial charge is 0.119 e. The molecule has 0 saturated heterocycles. The molecule has 14 heavy (non-hydrogen) atoms. The highest BCUT2D eigenvalue weighted by molar-refractivity contribution is 5.38. The summed E-state index contributed by atoms with van der Waals surface area (Å²) in [6, 6.07) is 4.67. The second-order valence-electron chi connectivity index (χ2n) is 3.27. The van der Waals surface area contributed by atoms with E-state index in [9.17, 15) is 10.2 Å². The molecule has 1 aromatic carbocycles. The number of phenolic OH excluding ortho intramolecular Hbond substituents is 2. The number of aromatic hydroxyl groups is 2. The summed E-state index contributed by atoms with van der Waals surface area (Å²) >= 11 is 0. The van der Waals surface area contributed by atoms with Crippen LogP contribution in [0.2, 0.25) is 0 Å². The van der Waals surface area contributed by atoms with Crippen molar-refractivity contribution in [1.29, 1.82) is 0 Å². The van der Waals surface area contributed by atoms with Gasteiger partial charge in [-0.05, 0) is 36.6 Å². The quantitative estimate of drug-likeness (QED) is 0.513. The Hall–Kier alpha value is -1.22. The van der Waals surface area contributed by atoms with Gasteiger partial charge in [-0.1, -0.05) is 19.8 Å². The van der Waals surface area contributed by atoms with Crippen molar-refractivity contribution < 1.29 is 10.2 Å². The molecule has 0 spiro atoms. The van der Waals surface area contributed by atoms with Gasteiger partial charge in [-0.15, -0.1) is 0 Å². The fraction of sp³-hybridized carbons (Fsp3) is 0.455. The van der Waals surface area contributed by atoms with Crippen LogP contribution in [0.4, 0.5) is 0 Å². The molecule has 0 saturated carbocycles. The lowest BCUT2D eigenvalue weighted by atomic mass is 10.1. The molecule has 0 aromatic heterocycles. The van der Waals surface area contributed by atoms with Crippen LogP contribution in [-0.2, 0) is 6.42 Å². The molecule has 0 radical (unpaired) electrons. The first kappa shape index (κ1) is 12.8. The van der Waals surface area contributed by atoms with E-state index >= 15 is 0 Å².